The normalized spacial score (nSPS) is 12.2. The second-order valence-electron chi connectivity index (χ2n) is 23.8. The summed E-state index contributed by atoms with van der Waals surface area (Å²) in [6.45, 7) is 6.67. The number of carbonyl (C=O) groups is 3. The molecule has 6 heteroatoms. The van der Waals surface area contributed by atoms with E-state index in [0.29, 0.717) is 19.3 Å². The lowest BCUT2D eigenvalue weighted by Gasteiger charge is -2.18. The Hall–Kier alpha value is -2.37. The van der Waals surface area contributed by atoms with Gasteiger partial charge in [-0.15, -0.1) is 0 Å². The zero-order valence-corrected chi connectivity index (χ0v) is 52.7. The molecule has 1 unspecified atom stereocenters. The van der Waals surface area contributed by atoms with Crippen LogP contribution in [0.3, 0.4) is 0 Å². The summed E-state index contributed by atoms with van der Waals surface area (Å²) in [5, 5.41) is 0. The van der Waals surface area contributed by atoms with Crippen LogP contribution in [0.2, 0.25) is 0 Å². The van der Waals surface area contributed by atoms with Crippen LogP contribution < -0.4 is 0 Å². The fourth-order valence-corrected chi connectivity index (χ4v) is 10.6. The predicted octanol–water partition coefficient (Wildman–Crippen LogP) is 23.9. The number of ether oxygens (including phenoxy) is 3. The maximum absolute atomic E-state index is 12.9. The van der Waals surface area contributed by atoms with Gasteiger partial charge in [0.25, 0.3) is 0 Å². The molecule has 0 aromatic rings. The Morgan fingerprint density at radius 3 is 0.731 bits per heavy atom. The van der Waals surface area contributed by atoms with E-state index in [1.807, 2.05) is 0 Å². The molecule has 0 amide bonds. The highest BCUT2D eigenvalue weighted by molar-refractivity contribution is 5.71. The molecular formula is C72H134O6. The molecular weight excluding hydrogens is 961 g/mol. The lowest BCUT2D eigenvalue weighted by Crippen LogP contribution is -2.30. The third-order valence-electron chi connectivity index (χ3n) is 15.9. The molecule has 458 valence electrons. The first-order valence-corrected chi connectivity index (χ1v) is 35.0. The molecule has 6 nitrogen and oxygen atoms in total. The Morgan fingerprint density at radius 2 is 0.462 bits per heavy atom. The fraction of sp³-hybridized carbons (Fsp3) is 0.875. The highest BCUT2D eigenvalue weighted by Crippen LogP contribution is 2.18. The van der Waals surface area contributed by atoms with Gasteiger partial charge in [0.1, 0.15) is 13.2 Å². The Morgan fingerprint density at radius 1 is 0.256 bits per heavy atom. The van der Waals surface area contributed by atoms with E-state index < -0.39 is 6.10 Å². The predicted molar refractivity (Wildman–Crippen MR) is 339 cm³/mol. The van der Waals surface area contributed by atoms with E-state index in [4.69, 9.17) is 14.2 Å². The molecule has 0 aliphatic heterocycles. The van der Waals surface area contributed by atoms with Crippen molar-refractivity contribution < 1.29 is 28.6 Å². The minimum atomic E-state index is -0.777. The van der Waals surface area contributed by atoms with Gasteiger partial charge in [-0.1, -0.05) is 327 Å². The van der Waals surface area contributed by atoms with E-state index in [0.717, 1.165) is 70.6 Å². The molecule has 0 N–H and O–H groups in total. The number of esters is 3. The lowest BCUT2D eigenvalue weighted by atomic mass is 10.0. The molecule has 0 spiro atoms. The van der Waals surface area contributed by atoms with Crippen molar-refractivity contribution in [1.82, 2.24) is 0 Å². The molecule has 0 aromatic heterocycles. The van der Waals surface area contributed by atoms with Gasteiger partial charge in [-0.05, 0) is 77.0 Å². The Balaban J connectivity index is 4.23. The first-order chi connectivity index (χ1) is 38.5. The van der Waals surface area contributed by atoms with Crippen molar-refractivity contribution in [3.8, 4) is 0 Å². The lowest BCUT2D eigenvalue weighted by molar-refractivity contribution is -0.167. The van der Waals surface area contributed by atoms with Crippen LogP contribution in [0.1, 0.15) is 387 Å². The second-order valence-corrected chi connectivity index (χ2v) is 23.8. The highest BCUT2D eigenvalue weighted by Gasteiger charge is 2.19. The van der Waals surface area contributed by atoms with E-state index in [1.165, 1.54) is 276 Å². The average Bonchev–Trinajstić information content (AvgIpc) is 3.44. The third kappa shape index (κ3) is 64.5. The summed E-state index contributed by atoms with van der Waals surface area (Å²) in [4.78, 5) is 38.4. The summed E-state index contributed by atoms with van der Waals surface area (Å²) in [6, 6.07) is 0. The minimum Gasteiger partial charge on any atom is -0.462 e. The zero-order valence-electron chi connectivity index (χ0n) is 52.7. The van der Waals surface area contributed by atoms with Crippen molar-refractivity contribution in [2.75, 3.05) is 13.2 Å². The number of allylic oxidation sites excluding steroid dienone is 6. The van der Waals surface area contributed by atoms with Gasteiger partial charge in [0, 0.05) is 19.3 Å². The van der Waals surface area contributed by atoms with Crippen molar-refractivity contribution in [2.45, 2.75) is 393 Å². The molecule has 0 rings (SSSR count). The first kappa shape index (κ1) is 75.6. The molecule has 0 radical (unpaired) electrons. The quantitative estimate of drug-likeness (QED) is 0.0261. The van der Waals surface area contributed by atoms with Crippen molar-refractivity contribution >= 4 is 17.9 Å². The van der Waals surface area contributed by atoms with Crippen LogP contribution in [-0.4, -0.2) is 37.2 Å². The zero-order chi connectivity index (χ0) is 56.4. The van der Waals surface area contributed by atoms with Gasteiger partial charge in [-0.2, -0.15) is 0 Å². The second kappa shape index (κ2) is 67.1. The van der Waals surface area contributed by atoms with Gasteiger partial charge in [0.05, 0.1) is 0 Å². The highest BCUT2D eigenvalue weighted by atomic mass is 16.6. The number of carbonyl (C=O) groups excluding carboxylic acids is 3. The number of unbranched alkanes of at least 4 members (excludes halogenated alkanes) is 48. The van der Waals surface area contributed by atoms with Crippen LogP contribution in [0.15, 0.2) is 36.5 Å². The smallest absolute Gasteiger partial charge is 0.306 e. The van der Waals surface area contributed by atoms with Gasteiger partial charge in [0.2, 0.25) is 0 Å². The summed E-state index contributed by atoms with van der Waals surface area (Å²) < 4.78 is 17.0. The van der Waals surface area contributed by atoms with E-state index in [2.05, 4.69) is 57.2 Å². The monoisotopic (exact) mass is 1100 g/mol. The average molecular weight is 1100 g/mol. The SMILES string of the molecule is CCCCCC/C=C\CCCCCCCC(=O)OCC(COC(=O)CCCCCCCCCCCCCCCCCCCCCCCCCCCC)OC(=O)CCCCCCCCCCC/C=C\C/C=C\CCCCCCC. The van der Waals surface area contributed by atoms with Crippen molar-refractivity contribution in [1.29, 1.82) is 0 Å². The summed E-state index contributed by atoms with van der Waals surface area (Å²) in [5.74, 6) is -0.859. The fourth-order valence-electron chi connectivity index (χ4n) is 10.6. The number of hydrogen-bond donors (Lipinski definition) is 0. The van der Waals surface area contributed by atoms with Gasteiger partial charge < -0.3 is 14.2 Å². The van der Waals surface area contributed by atoms with Gasteiger partial charge in [-0.3, -0.25) is 14.4 Å². The topological polar surface area (TPSA) is 78.9 Å². The summed E-state index contributed by atoms with van der Waals surface area (Å²) >= 11 is 0. The molecule has 0 bridgehead atoms. The molecule has 1 atom stereocenters. The Kier molecular flexibility index (Phi) is 65.1. The minimum absolute atomic E-state index is 0.0720. The summed E-state index contributed by atoms with van der Waals surface area (Å²) in [6.07, 6.45) is 83.2. The molecule has 0 fully saturated rings. The van der Waals surface area contributed by atoms with Crippen LogP contribution >= 0.6 is 0 Å². The van der Waals surface area contributed by atoms with E-state index in [1.54, 1.807) is 0 Å². The first-order valence-electron chi connectivity index (χ1n) is 35.0. The molecule has 0 aromatic carbocycles. The van der Waals surface area contributed by atoms with Gasteiger partial charge in [0.15, 0.2) is 6.10 Å². The molecule has 0 aliphatic rings. The largest absolute Gasteiger partial charge is 0.462 e. The number of rotatable bonds is 65. The third-order valence-corrected chi connectivity index (χ3v) is 15.9. The van der Waals surface area contributed by atoms with Crippen LogP contribution in [0.4, 0.5) is 0 Å². The van der Waals surface area contributed by atoms with Crippen molar-refractivity contribution in [3.05, 3.63) is 36.5 Å². The van der Waals surface area contributed by atoms with E-state index in [-0.39, 0.29) is 31.1 Å². The molecule has 0 heterocycles. The molecule has 0 aliphatic carbocycles. The van der Waals surface area contributed by atoms with Crippen molar-refractivity contribution in [3.63, 3.8) is 0 Å². The van der Waals surface area contributed by atoms with E-state index >= 15 is 0 Å². The summed E-state index contributed by atoms with van der Waals surface area (Å²) in [5.41, 5.74) is 0. The molecule has 0 saturated carbocycles. The van der Waals surface area contributed by atoms with Crippen molar-refractivity contribution in [2.24, 2.45) is 0 Å². The Labute approximate surface area is 486 Å². The standard InChI is InChI=1S/C72H134O6/c1-4-7-10-13-16-19-22-25-27-29-31-33-34-35-36-37-39-40-42-44-47-50-53-56-59-62-65-71(74)77-68-69(67-76-70(73)64-61-58-55-52-49-46-24-21-18-15-12-9-6-3)78-72(75)66-63-60-57-54-51-48-45-43-41-38-32-30-28-26-23-20-17-14-11-8-5-2/h21,23-24,26,30,32,69H,4-20,22,25,27-29,31,33-68H2,1-3H3/b24-21-,26-23-,32-30-. The van der Waals surface area contributed by atoms with Crippen LogP contribution in [0.5, 0.6) is 0 Å². The molecule has 0 saturated heterocycles. The Bertz CT molecular complexity index is 1300. The number of hydrogen-bond acceptors (Lipinski definition) is 6. The van der Waals surface area contributed by atoms with Gasteiger partial charge in [-0.25, -0.2) is 0 Å². The van der Waals surface area contributed by atoms with Crippen LogP contribution in [0.25, 0.3) is 0 Å². The van der Waals surface area contributed by atoms with Gasteiger partial charge >= 0.3 is 17.9 Å². The van der Waals surface area contributed by atoms with E-state index in [9.17, 15) is 14.4 Å². The van der Waals surface area contributed by atoms with Crippen LogP contribution in [0, 0.1) is 0 Å². The maximum atomic E-state index is 12.9. The van der Waals surface area contributed by atoms with Crippen LogP contribution in [-0.2, 0) is 28.6 Å². The molecule has 78 heavy (non-hydrogen) atoms. The maximum Gasteiger partial charge on any atom is 0.306 e. The summed E-state index contributed by atoms with van der Waals surface area (Å²) in [7, 11) is 0.